The van der Waals surface area contributed by atoms with Gasteiger partial charge in [-0.1, -0.05) is 12.1 Å². The summed E-state index contributed by atoms with van der Waals surface area (Å²) in [5.74, 6) is -1.36. The second-order valence-electron chi connectivity index (χ2n) is 5.54. The predicted molar refractivity (Wildman–Crippen MR) is 92.0 cm³/mol. The van der Waals surface area contributed by atoms with Crippen molar-refractivity contribution in [2.24, 2.45) is 5.73 Å². The van der Waals surface area contributed by atoms with Crippen molar-refractivity contribution in [3.05, 3.63) is 29.8 Å². The van der Waals surface area contributed by atoms with Crippen LogP contribution in [-0.4, -0.2) is 49.2 Å². The van der Waals surface area contributed by atoms with Gasteiger partial charge in [-0.15, -0.1) is 11.8 Å². The first kappa shape index (κ1) is 19.3. The van der Waals surface area contributed by atoms with Gasteiger partial charge in [-0.25, -0.2) is 18.0 Å². The summed E-state index contributed by atoms with van der Waals surface area (Å²) in [7, 11) is -3.02. The number of esters is 1. The van der Waals surface area contributed by atoms with Crippen LogP contribution in [0.3, 0.4) is 0 Å². The molecule has 1 saturated heterocycles. The van der Waals surface area contributed by atoms with Gasteiger partial charge >= 0.3 is 12.0 Å². The van der Waals surface area contributed by atoms with Gasteiger partial charge in [0.1, 0.15) is 0 Å². The van der Waals surface area contributed by atoms with E-state index in [1.165, 1.54) is 24.8 Å². The number of carbonyl (C=O) groups is 3. The lowest BCUT2D eigenvalue weighted by atomic mass is 10.2. The molecule has 3 amide bonds. The van der Waals surface area contributed by atoms with E-state index < -0.39 is 33.8 Å². The maximum atomic E-state index is 12.3. The van der Waals surface area contributed by atoms with Crippen LogP contribution < -0.4 is 11.1 Å². The summed E-state index contributed by atoms with van der Waals surface area (Å²) in [6, 6.07) is 5.56. The van der Waals surface area contributed by atoms with Crippen LogP contribution in [0.1, 0.15) is 23.7 Å². The van der Waals surface area contributed by atoms with Crippen molar-refractivity contribution in [3.63, 3.8) is 0 Å². The number of ether oxygens (including phenoxy) is 1. The molecule has 136 valence electrons. The van der Waals surface area contributed by atoms with Crippen LogP contribution in [0.5, 0.6) is 0 Å². The minimum absolute atomic E-state index is 0.0679. The number of imide groups is 1. The van der Waals surface area contributed by atoms with Crippen molar-refractivity contribution in [2.75, 3.05) is 11.5 Å². The number of sulfone groups is 1. The van der Waals surface area contributed by atoms with Gasteiger partial charge in [0.25, 0.3) is 5.91 Å². The highest BCUT2D eigenvalue weighted by atomic mass is 32.2. The monoisotopic (exact) mass is 386 g/mol. The Morgan fingerprint density at radius 3 is 2.60 bits per heavy atom. The number of hydrogen-bond donors (Lipinski definition) is 2. The topological polar surface area (TPSA) is 133 Å². The van der Waals surface area contributed by atoms with E-state index in [1.807, 2.05) is 5.32 Å². The number of thioether (sulfide) groups is 1. The summed E-state index contributed by atoms with van der Waals surface area (Å²) in [6.45, 7) is 1.31. The normalized spacial score (nSPS) is 19.8. The zero-order chi connectivity index (χ0) is 18.6. The number of amides is 3. The van der Waals surface area contributed by atoms with Gasteiger partial charge in [0.15, 0.2) is 15.9 Å². The fraction of sp³-hybridized carbons (Fsp3) is 0.400. The van der Waals surface area contributed by atoms with E-state index >= 15 is 0 Å². The number of benzene rings is 1. The van der Waals surface area contributed by atoms with Crippen molar-refractivity contribution in [2.45, 2.75) is 29.6 Å². The highest BCUT2D eigenvalue weighted by molar-refractivity contribution is 8.02. The molecule has 25 heavy (non-hydrogen) atoms. The molecule has 0 radical (unpaired) electrons. The Balaban J connectivity index is 2.07. The summed E-state index contributed by atoms with van der Waals surface area (Å²) in [6.07, 6.45) is -0.682. The van der Waals surface area contributed by atoms with Crippen molar-refractivity contribution in [1.29, 1.82) is 0 Å². The highest BCUT2D eigenvalue weighted by Crippen LogP contribution is 2.33. The van der Waals surface area contributed by atoms with Crippen molar-refractivity contribution in [1.82, 2.24) is 5.32 Å². The molecular formula is C15H18N2O6S2. The third-order valence-electron chi connectivity index (χ3n) is 3.49. The molecule has 0 bridgehead atoms. The van der Waals surface area contributed by atoms with Crippen LogP contribution in [-0.2, 0) is 19.4 Å². The molecule has 8 nitrogen and oxygen atoms in total. The Kier molecular flexibility index (Phi) is 6.07. The summed E-state index contributed by atoms with van der Waals surface area (Å²) in [5, 5.41) is 1.70. The van der Waals surface area contributed by atoms with Crippen LogP contribution in [0.2, 0.25) is 0 Å². The van der Waals surface area contributed by atoms with E-state index in [2.05, 4.69) is 0 Å². The highest BCUT2D eigenvalue weighted by Gasteiger charge is 2.30. The van der Waals surface area contributed by atoms with Crippen molar-refractivity contribution in [3.8, 4) is 0 Å². The van der Waals surface area contributed by atoms with Crippen LogP contribution in [0.4, 0.5) is 4.79 Å². The fourth-order valence-corrected chi connectivity index (χ4v) is 5.89. The number of carbonyl (C=O) groups excluding carboxylic acids is 3. The summed E-state index contributed by atoms with van der Waals surface area (Å²) in [4.78, 5) is 35.2. The first-order chi connectivity index (χ1) is 11.7. The molecule has 1 heterocycles. The van der Waals surface area contributed by atoms with E-state index in [1.54, 1.807) is 18.2 Å². The number of primary amides is 1. The molecule has 1 aromatic carbocycles. The third-order valence-corrected chi connectivity index (χ3v) is 6.82. The van der Waals surface area contributed by atoms with E-state index in [0.29, 0.717) is 11.3 Å². The molecule has 0 spiro atoms. The van der Waals surface area contributed by atoms with Crippen molar-refractivity contribution < 1.29 is 27.5 Å². The van der Waals surface area contributed by atoms with Crippen molar-refractivity contribution >= 4 is 39.5 Å². The smallest absolute Gasteiger partial charge is 0.340 e. The van der Waals surface area contributed by atoms with Gasteiger partial charge in [0.2, 0.25) is 0 Å². The maximum Gasteiger partial charge on any atom is 0.340 e. The van der Waals surface area contributed by atoms with Gasteiger partial charge in [-0.3, -0.25) is 10.1 Å². The number of nitrogens with two attached hydrogens (primary N) is 1. The SMILES string of the molecule is C[C@H](OC(=O)c1ccccc1S[C@@H]1CCS(=O)(=O)C1)C(=O)NC(N)=O. The van der Waals surface area contributed by atoms with Crippen LogP contribution in [0.25, 0.3) is 0 Å². The minimum Gasteiger partial charge on any atom is -0.449 e. The Morgan fingerprint density at radius 2 is 2.00 bits per heavy atom. The van der Waals surface area contributed by atoms with Gasteiger partial charge in [-0.2, -0.15) is 0 Å². The molecule has 1 aliphatic rings. The van der Waals surface area contributed by atoms with Crippen LogP contribution in [0.15, 0.2) is 29.2 Å². The Bertz CT molecular complexity index is 793. The fourth-order valence-electron chi connectivity index (χ4n) is 2.27. The number of urea groups is 1. The number of rotatable bonds is 5. The molecule has 1 fully saturated rings. The van der Waals surface area contributed by atoms with Gasteiger partial charge in [0, 0.05) is 10.1 Å². The lowest BCUT2D eigenvalue weighted by Gasteiger charge is -2.15. The summed E-state index contributed by atoms with van der Waals surface area (Å²) >= 11 is 1.30. The molecule has 0 aromatic heterocycles. The minimum atomic E-state index is -3.02. The molecule has 2 atom stereocenters. The molecule has 0 saturated carbocycles. The zero-order valence-corrected chi connectivity index (χ0v) is 15.1. The summed E-state index contributed by atoms with van der Waals surface area (Å²) in [5.41, 5.74) is 5.08. The molecule has 2 rings (SSSR count). The first-order valence-electron chi connectivity index (χ1n) is 7.45. The summed E-state index contributed by atoms with van der Waals surface area (Å²) < 4.78 is 28.2. The standard InChI is InChI=1S/C15H18N2O6S2/c1-9(13(18)17-15(16)20)23-14(19)11-4-2-3-5-12(11)24-10-6-7-25(21,22)8-10/h2-5,9-10H,6-8H2,1H3,(H3,16,17,18,20)/t9-,10+/m0/s1. The maximum absolute atomic E-state index is 12.3. The zero-order valence-electron chi connectivity index (χ0n) is 13.4. The van der Waals surface area contributed by atoms with E-state index in [9.17, 15) is 22.8 Å². The molecule has 3 N–H and O–H groups in total. The van der Waals surface area contributed by atoms with Crippen LogP contribution >= 0.6 is 11.8 Å². The molecule has 1 aromatic rings. The lowest BCUT2D eigenvalue weighted by Crippen LogP contribution is -2.42. The van der Waals surface area contributed by atoms with Crippen LogP contribution in [0, 0.1) is 0 Å². The molecule has 0 unspecified atom stereocenters. The number of nitrogens with one attached hydrogen (secondary N) is 1. The Morgan fingerprint density at radius 1 is 1.32 bits per heavy atom. The van der Waals surface area contributed by atoms with E-state index in [-0.39, 0.29) is 22.3 Å². The van der Waals surface area contributed by atoms with E-state index in [0.717, 1.165) is 0 Å². The molecule has 10 heteroatoms. The molecule has 0 aliphatic carbocycles. The number of hydrogen-bond acceptors (Lipinski definition) is 7. The average molecular weight is 386 g/mol. The van der Waals surface area contributed by atoms with Gasteiger partial charge < -0.3 is 10.5 Å². The molecule has 1 aliphatic heterocycles. The largest absolute Gasteiger partial charge is 0.449 e. The second kappa shape index (κ2) is 7.87. The second-order valence-corrected chi connectivity index (χ2v) is 9.11. The van der Waals surface area contributed by atoms with Gasteiger partial charge in [0.05, 0.1) is 17.1 Å². The first-order valence-corrected chi connectivity index (χ1v) is 10.2. The Hall–Kier alpha value is -2.07. The lowest BCUT2D eigenvalue weighted by molar-refractivity contribution is -0.127. The average Bonchev–Trinajstić information content (AvgIpc) is 2.85. The Labute approximate surface area is 149 Å². The van der Waals surface area contributed by atoms with E-state index in [4.69, 9.17) is 10.5 Å². The van der Waals surface area contributed by atoms with Gasteiger partial charge in [-0.05, 0) is 25.5 Å². The third kappa shape index (κ3) is 5.46. The predicted octanol–water partition coefficient (Wildman–Crippen LogP) is 0.706. The quantitative estimate of drug-likeness (QED) is 0.712. The molecular weight excluding hydrogens is 368 g/mol.